The van der Waals surface area contributed by atoms with Gasteiger partial charge in [0.05, 0.1) is 11.2 Å². The van der Waals surface area contributed by atoms with Gasteiger partial charge in [-0.1, -0.05) is 91.0 Å². The van der Waals surface area contributed by atoms with Gasteiger partial charge >= 0.3 is 6.98 Å². The van der Waals surface area contributed by atoms with Gasteiger partial charge in [0.25, 0.3) is 0 Å². The first kappa shape index (κ1) is 17.9. The Morgan fingerprint density at radius 3 is 2.09 bits per heavy atom. The summed E-state index contributed by atoms with van der Waals surface area (Å²) in [6, 6.07) is 42.6. The van der Waals surface area contributed by atoms with Crippen LogP contribution < -0.4 is 10.3 Å². The van der Waals surface area contributed by atoms with E-state index in [0.29, 0.717) is 0 Å². The molecule has 3 heteroatoms. The number of aromatic nitrogens is 1. The van der Waals surface area contributed by atoms with Crippen LogP contribution in [0.1, 0.15) is 0 Å². The van der Waals surface area contributed by atoms with Crippen molar-refractivity contribution in [2.75, 3.05) is 4.81 Å². The Morgan fingerprint density at radius 2 is 1.20 bits per heavy atom. The highest BCUT2D eigenvalue weighted by atomic mass is 15.2. The third-order valence-corrected chi connectivity index (χ3v) is 8.07. The van der Waals surface area contributed by atoms with Crippen molar-refractivity contribution in [1.29, 1.82) is 0 Å². The largest absolute Gasteiger partial charge is 0.421 e. The van der Waals surface area contributed by atoms with Crippen molar-refractivity contribution in [3.05, 3.63) is 115 Å². The molecular formula is C32H19BN2. The van der Waals surface area contributed by atoms with E-state index >= 15 is 0 Å². The third kappa shape index (κ3) is 2.08. The minimum absolute atomic E-state index is 0.0766. The zero-order chi connectivity index (χ0) is 22.7. The number of para-hydroxylation sites is 2. The molecule has 0 spiro atoms. The Morgan fingerprint density at radius 1 is 0.514 bits per heavy atom. The Balaban J connectivity index is 1.53. The predicted molar refractivity (Wildman–Crippen MR) is 149 cm³/mol. The predicted octanol–water partition coefficient (Wildman–Crippen LogP) is 7.48. The molecule has 2 aliphatic heterocycles. The monoisotopic (exact) mass is 442 g/mol. The van der Waals surface area contributed by atoms with E-state index < -0.39 is 0 Å². The minimum atomic E-state index is 0.0766. The van der Waals surface area contributed by atoms with Crippen molar-refractivity contribution in [3.8, 4) is 11.1 Å². The lowest BCUT2D eigenvalue weighted by Gasteiger charge is -2.35. The summed E-state index contributed by atoms with van der Waals surface area (Å²) >= 11 is 0. The van der Waals surface area contributed by atoms with Gasteiger partial charge in [-0.2, -0.15) is 0 Å². The van der Waals surface area contributed by atoms with Crippen molar-refractivity contribution >= 4 is 67.2 Å². The van der Waals surface area contributed by atoms with Crippen LogP contribution in [0.15, 0.2) is 115 Å². The van der Waals surface area contributed by atoms with Crippen LogP contribution in [0.25, 0.3) is 54.5 Å². The summed E-state index contributed by atoms with van der Waals surface area (Å²) in [4.78, 5) is 2.60. The maximum atomic E-state index is 2.60. The van der Waals surface area contributed by atoms with Crippen LogP contribution in [-0.2, 0) is 0 Å². The first-order valence-corrected chi connectivity index (χ1v) is 12.2. The average molecular weight is 442 g/mol. The summed E-state index contributed by atoms with van der Waals surface area (Å²) in [7, 11) is 0. The SMILES string of the molecule is c1ccc2c(c1)-c1cc3ccccc3cc1B1N2c2c3ccccc3cc3c4ccccc4n1c23. The number of nitrogens with zero attached hydrogens (tertiary/aromatic N) is 2. The van der Waals surface area contributed by atoms with E-state index in [1.54, 1.807) is 0 Å². The van der Waals surface area contributed by atoms with Gasteiger partial charge < -0.3 is 9.29 Å². The molecule has 0 N–H and O–H groups in total. The quantitative estimate of drug-likeness (QED) is 0.221. The van der Waals surface area contributed by atoms with Gasteiger partial charge in [-0.05, 0) is 51.5 Å². The van der Waals surface area contributed by atoms with E-state index in [0.717, 1.165) is 0 Å². The van der Waals surface area contributed by atoms with Gasteiger partial charge in [-0.25, -0.2) is 0 Å². The highest BCUT2D eigenvalue weighted by Crippen LogP contribution is 2.51. The van der Waals surface area contributed by atoms with Gasteiger partial charge in [0.2, 0.25) is 0 Å². The summed E-state index contributed by atoms with van der Waals surface area (Å²) < 4.78 is 2.59. The normalized spacial score (nSPS) is 13.6. The number of rotatable bonds is 0. The molecule has 1 aromatic heterocycles. The molecule has 0 saturated heterocycles. The summed E-state index contributed by atoms with van der Waals surface area (Å²) in [5.74, 6) is 0. The van der Waals surface area contributed by atoms with E-state index in [2.05, 4.69) is 125 Å². The molecule has 6 aromatic carbocycles. The van der Waals surface area contributed by atoms with Gasteiger partial charge in [0.15, 0.2) is 0 Å². The molecule has 35 heavy (non-hydrogen) atoms. The van der Waals surface area contributed by atoms with Crippen molar-refractivity contribution in [2.45, 2.75) is 0 Å². The maximum absolute atomic E-state index is 2.60. The first-order valence-electron chi connectivity index (χ1n) is 12.2. The van der Waals surface area contributed by atoms with Gasteiger partial charge in [0, 0.05) is 32.9 Å². The zero-order valence-corrected chi connectivity index (χ0v) is 18.9. The molecule has 0 fully saturated rings. The van der Waals surface area contributed by atoms with Crippen LogP contribution in [0.3, 0.4) is 0 Å². The molecule has 2 nitrogen and oxygen atoms in total. The van der Waals surface area contributed by atoms with Crippen molar-refractivity contribution in [1.82, 2.24) is 4.48 Å². The Labute approximate surface area is 202 Å². The van der Waals surface area contributed by atoms with E-state index in [-0.39, 0.29) is 6.98 Å². The van der Waals surface area contributed by atoms with Gasteiger partial charge in [-0.3, -0.25) is 0 Å². The van der Waals surface area contributed by atoms with E-state index in [4.69, 9.17) is 0 Å². The second-order valence-corrected chi connectivity index (χ2v) is 9.78. The fraction of sp³-hybridized carbons (Fsp3) is 0. The zero-order valence-electron chi connectivity index (χ0n) is 18.9. The van der Waals surface area contributed by atoms with Crippen LogP contribution in [0.4, 0.5) is 11.4 Å². The van der Waals surface area contributed by atoms with Crippen LogP contribution in [0.2, 0.25) is 0 Å². The highest BCUT2D eigenvalue weighted by molar-refractivity contribution is 6.83. The second kappa shape index (κ2) is 6.14. The van der Waals surface area contributed by atoms with Crippen molar-refractivity contribution in [2.24, 2.45) is 0 Å². The van der Waals surface area contributed by atoms with Crippen LogP contribution in [-0.4, -0.2) is 11.5 Å². The topological polar surface area (TPSA) is 8.17 Å². The Hall–Kier alpha value is -4.50. The molecule has 0 aliphatic carbocycles. The average Bonchev–Trinajstić information content (AvgIpc) is 3.44. The maximum Gasteiger partial charge on any atom is 0.421 e. The minimum Gasteiger partial charge on any atom is -0.359 e. The lowest BCUT2D eigenvalue weighted by atomic mass is 9.60. The second-order valence-electron chi connectivity index (χ2n) is 9.78. The number of fused-ring (bicyclic) bond motifs is 14. The number of hydrogen-bond acceptors (Lipinski definition) is 1. The summed E-state index contributed by atoms with van der Waals surface area (Å²) in [5.41, 5.74) is 9.25. The highest BCUT2D eigenvalue weighted by Gasteiger charge is 2.45. The van der Waals surface area contributed by atoms with Gasteiger partial charge in [0.1, 0.15) is 0 Å². The lowest BCUT2D eigenvalue weighted by Crippen LogP contribution is -2.51. The summed E-state index contributed by atoms with van der Waals surface area (Å²) in [6.07, 6.45) is 0. The molecule has 0 saturated carbocycles. The first-order chi connectivity index (χ1) is 17.4. The molecule has 3 heterocycles. The van der Waals surface area contributed by atoms with Crippen molar-refractivity contribution in [3.63, 3.8) is 0 Å². The number of anilines is 2. The van der Waals surface area contributed by atoms with E-state index in [9.17, 15) is 0 Å². The molecule has 0 atom stereocenters. The molecule has 0 amide bonds. The molecule has 2 aliphatic rings. The van der Waals surface area contributed by atoms with Crippen molar-refractivity contribution < 1.29 is 0 Å². The van der Waals surface area contributed by atoms with Crippen LogP contribution >= 0.6 is 0 Å². The van der Waals surface area contributed by atoms with Crippen LogP contribution in [0.5, 0.6) is 0 Å². The lowest BCUT2D eigenvalue weighted by molar-refractivity contribution is 1.31. The van der Waals surface area contributed by atoms with Crippen LogP contribution in [0, 0.1) is 0 Å². The summed E-state index contributed by atoms with van der Waals surface area (Å²) in [5, 5.41) is 7.85. The molecular weight excluding hydrogens is 423 g/mol. The molecule has 0 unspecified atom stereocenters. The molecule has 7 aromatic rings. The molecule has 0 bridgehead atoms. The fourth-order valence-corrected chi connectivity index (χ4v) is 6.68. The van der Waals surface area contributed by atoms with E-state index in [1.165, 1.54) is 71.3 Å². The smallest absolute Gasteiger partial charge is 0.359 e. The fourth-order valence-electron chi connectivity index (χ4n) is 6.68. The Bertz CT molecular complexity index is 2030. The molecule has 9 rings (SSSR count). The number of benzene rings is 6. The van der Waals surface area contributed by atoms with E-state index in [1.807, 2.05) is 0 Å². The third-order valence-electron chi connectivity index (χ3n) is 8.07. The standard InChI is InChI=1S/C32H19BN2/c1-2-10-21-19-28-26(17-20(21)9-1)24-13-5-7-15-29(24)34-31-23-12-4-3-11-22(23)18-27-25-14-6-8-16-30(25)35(32(27)31)33(28)34/h1-19H. The molecule has 0 radical (unpaired) electrons. The summed E-state index contributed by atoms with van der Waals surface area (Å²) in [6.45, 7) is 0.0766. The van der Waals surface area contributed by atoms with Gasteiger partial charge in [-0.15, -0.1) is 0 Å². The Kier molecular flexibility index (Phi) is 3.14. The molecule has 160 valence electrons. The number of hydrogen-bond donors (Lipinski definition) is 0.